The lowest BCUT2D eigenvalue weighted by atomic mass is 9.96. The first-order valence-corrected chi connectivity index (χ1v) is 5.75. The van der Waals surface area contributed by atoms with Crippen LogP contribution in [0, 0.1) is 13.8 Å². The van der Waals surface area contributed by atoms with Gasteiger partial charge in [-0.15, -0.1) is 0 Å². The summed E-state index contributed by atoms with van der Waals surface area (Å²) in [4.78, 5) is 4.81. The third kappa shape index (κ3) is 1.53. The summed E-state index contributed by atoms with van der Waals surface area (Å²) in [6, 6.07) is 4.32. The molecule has 1 aromatic carbocycles. The standard InChI is InChI=1S/C14H20N2/c1-9-7-8-10(2)12-11(9)15-13(16(12)6)14(3,4)5/h7-8H,1-6H3. The normalized spacial score (nSPS) is 12.4. The molecule has 0 fully saturated rings. The Morgan fingerprint density at radius 3 is 2.12 bits per heavy atom. The van der Waals surface area contributed by atoms with Crippen molar-refractivity contribution in [3.05, 3.63) is 29.1 Å². The fraction of sp³-hybridized carbons (Fsp3) is 0.500. The Labute approximate surface area is 97.3 Å². The number of aromatic nitrogens is 2. The van der Waals surface area contributed by atoms with E-state index in [1.165, 1.54) is 16.6 Å². The molecule has 0 unspecified atom stereocenters. The number of nitrogens with zero attached hydrogens (tertiary/aromatic N) is 2. The lowest BCUT2D eigenvalue weighted by Crippen LogP contribution is -2.17. The van der Waals surface area contributed by atoms with Gasteiger partial charge in [-0.3, -0.25) is 0 Å². The van der Waals surface area contributed by atoms with E-state index >= 15 is 0 Å². The third-order valence-corrected chi connectivity index (χ3v) is 3.10. The van der Waals surface area contributed by atoms with Crippen molar-refractivity contribution in [3.8, 4) is 0 Å². The molecule has 0 amide bonds. The van der Waals surface area contributed by atoms with Crippen LogP contribution >= 0.6 is 0 Å². The van der Waals surface area contributed by atoms with Crippen molar-refractivity contribution in [2.45, 2.75) is 40.0 Å². The van der Waals surface area contributed by atoms with Gasteiger partial charge in [-0.25, -0.2) is 4.98 Å². The molecule has 0 saturated heterocycles. The van der Waals surface area contributed by atoms with Crippen LogP contribution in [0.15, 0.2) is 12.1 Å². The SMILES string of the molecule is Cc1ccc(C)c2c1nc(C(C)(C)C)n2C. The molecular weight excluding hydrogens is 196 g/mol. The van der Waals surface area contributed by atoms with Crippen molar-refractivity contribution in [3.63, 3.8) is 0 Å². The molecule has 86 valence electrons. The van der Waals surface area contributed by atoms with Crippen molar-refractivity contribution in [1.82, 2.24) is 9.55 Å². The molecule has 0 N–H and O–H groups in total. The molecule has 0 radical (unpaired) electrons. The molecule has 1 heterocycles. The Bertz CT molecular complexity index is 542. The Hall–Kier alpha value is -1.31. The first kappa shape index (κ1) is 11.2. The molecule has 0 atom stereocenters. The molecule has 0 aliphatic heterocycles. The van der Waals surface area contributed by atoms with E-state index in [9.17, 15) is 0 Å². The van der Waals surface area contributed by atoms with Crippen LogP contribution in [-0.4, -0.2) is 9.55 Å². The van der Waals surface area contributed by atoms with E-state index in [1.807, 2.05) is 0 Å². The number of benzene rings is 1. The zero-order valence-corrected chi connectivity index (χ0v) is 11.0. The van der Waals surface area contributed by atoms with Crippen molar-refractivity contribution in [2.24, 2.45) is 7.05 Å². The summed E-state index contributed by atoms with van der Waals surface area (Å²) in [5.41, 5.74) is 5.06. The van der Waals surface area contributed by atoms with E-state index in [0.29, 0.717) is 0 Å². The zero-order valence-electron chi connectivity index (χ0n) is 11.0. The molecule has 16 heavy (non-hydrogen) atoms. The highest BCUT2D eigenvalue weighted by atomic mass is 15.1. The van der Waals surface area contributed by atoms with Gasteiger partial charge < -0.3 is 4.57 Å². The number of hydrogen-bond acceptors (Lipinski definition) is 1. The van der Waals surface area contributed by atoms with Crippen LogP contribution < -0.4 is 0 Å². The Morgan fingerprint density at radius 1 is 1.06 bits per heavy atom. The lowest BCUT2D eigenvalue weighted by molar-refractivity contribution is 0.526. The molecule has 0 aliphatic rings. The van der Waals surface area contributed by atoms with Gasteiger partial charge in [0.05, 0.1) is 11.0 Å². The summed E-state index contributed by atoms with van der Waals surface area (Å²) < 4.78 is 2.23. The molecule has 0 bridgehead atoms. The van der Waals surface area contributed by atoms with Crippen molar-refractivity contribution in [2.75, 3.05) is 0 Å². The van der Waals surface area contributed by atoms with Crippen LogP contribution in [-0.2, 0) is 12.5 Å². The van der Waals surface area contributed by atoms with E-state index in [4.69, 9.17) is 4.98 Å². The number of aryl methyl sites for hydroxylation is 3. The van der Waals surface area contributed by atoms with Crippen LogP contribution in [0.25, 0.3) is 11.0 Å². The molecule has 1 aromatic heterocycles. The van der Waals surface area contributed by atoms with E-state index < -0.39 is 0 Å². The average Bonchev–Trinajstić information content (AvgIpc) is 2.51. The van der Waals surface area contributed by atoms with Gasteiger partial charge in [-0.05, 0) is 25.0 Å². The highest BCUT2D eigenvalue weighted by molar-refractivity contribution is 5.82. The van der Waals surface area contributed by atoms with E-state index in [2.05, 4.69) is 58.4 Å². The second kappa shape index (κ2) is 3.34. The van der Waals surface area contributed by atoms with Gasteiger partial charge in [0.25, 0.3) is 0 Å². The minimum atomic E-state index is 0.0899. The lowest BCUT2D eigenvalue weighted by Gasteiger charge is -2.17. The summed E-state index contributed by atoms with van der Waals surface area (Å²) in [6.07, 6.45) is 0. The van der Waals surface area contributed by atoms with Gasteiger partial charge in [0.2, 0.25) is 0 Å². The van der Waals surface area contributed by atoms with Crippen molar-refractivity contribution >= 4 is 11.0 Å². The molecule has 0 aliphatic carbocycles. The highest BCUT2D eigenvalue weighted by Gasteiger charge is 2.22. The van der Waals surface area contributed by atoms with E-state index in [0.717, 1.165) is 11.3 Å². The predicted octanol–water partition coefficient (Wildman–Crippen LogP) is 3.49. The van der Waals surface area contributed by atoms with Gasteiger partial charge >= 0.3 is 0 Å². The molecule has 2 rings (SSSR count). The number of hydrogen-bond donors (Lipinski definition) is 0. The van der Waals surface area contributed by atoms with Crippen LogP contribution in [0.2, 0.25) is 0 Å². The second-order valence-corrected chi connectivity index (χ2v) is 5.64. The Balaban J connectivity index is 2.88. The maximum atomic E-state index is 4.81. The van der Waals surface area contributed by atoms with Crippen LogP contribution in [0.5, 0.6) is 0 Å². The zero-order chi connectivity index (χ0) is 12.1. The van der Waals surface area contributed by atoms with Crippen LogP contribution in [0.3, 0.4) is 0 Å². The molecule has 0 saturated carbocycles. The topological polar surface area (TPSA) is 17.8 Å². The van der Waals surface area contributed by atoms with Gasteiger partial charge in [-0.1, -0.05) is 32.9 Å². The largest absolute Gasteiger partial charge is 0.330 e. The minimum Gasteiger partial charge on any atom is -0.330 e. The fourth-order valence-corrected chi connectivity index (χ4v) is 2.30. The van der Waals surface area contributed by atoms with Crippen molar-refractivity contribution in [1.29, 1.82) is 0 Å². The summed E-state index contributed by atoms with van der Waals surface area (Å²) in [7, 11) is 2.11. The summed E-state index contributed by atoms with van der Waals surface area (Å²) in [5.74, 6) is 1.15. The summed E-state index contributed by atoms with van der Waals surface area (Å²) in [5, 5.41) is 0. The number of rotatable bonds is 0. The summed E-state index contributed by atoms with van der Waals surface area (Å²) >= 11 is 0. The quantitative estimate of drug-likeness (QED) is 0.659. The van der Waals surface area contributed by atoms with Gasteiger partial charge in [0.1, 0.15) is 5.82 Å². The van der Waals surface area contributed by atoms with Gasteiger partial charge in [0, 0.05) is 12.5 Å². The summed E-state index contributed by atoms with van der Waals surface area (Å²) in [6.45, 7) is 10.9. The first-order valence-electron chi connectivity index (χ1n) is 5.75. The third-order valence-electron chi connectivity index (χ3n) is 3.10. The smallest absolute Gasteiger partial charge is 0.115 e. The number of fused-ring (bicyclic) bond motifs is 1. The molecular formula is C14H20N2. The monoisotopic (exact) mass is 216 g/mol. The van der Waals surface area contributed by atoms with Gasteiger partial charge in [0.15, 0.2) is 0 Å². The Kier molecular flexibility index (Phi) is 2.33. The van der Waals surface area contributed by atoms with E-state index in [1.54, 1.807) is 0 Å². The minimum absolute atomic E-state index is 0.0899. The molecule has 2 aromatic rings. The van der Waals surface area contributed by atoms with Gasteiger partial charge in [-0.2, -0.15) is 0 Å². The second-order valence-electron chi connectivity index (χ2n) is 5.64. The highest BCUT2D eigenvalue weighted by Crippen LogP contribution is 2.28. The molecule has 0 spiro atoms. The average molecular weight is 216 g/mol. The maximum absolute atomic E-state index is 4.81. The van der Waals surface area contributed by atoms with Crippen molar-refractivity contribution < 1.29 is 0 Å². The molecule has 2 nitrogen and oxygen atoms in total. The van der Waals surface area contributed by atoms with E-state index in [-0.39, 0.29) is 5.41 Å². The molecule has 2 heteroatoms. The fourth-order valence-electron chi connectivity index (χ4n) is 2.30. The first-order chi connectivity index (χ1) is 7.32. The Morgan fingerprint density at radius 2 is 1.62 bits per heavy atom. The predicted molar refractivity (Wildman–Crippen MR) is 68.9 cm³/mol. The van der Waals surface area contributed by atoms with Crippen LogP contribution in [0.1, 0.15) is 37.7 Å². The maximum Gasteiger partial charge on any atom is 0.115 e. The van der Waals surface area contributed by atoms with Crippen LogP contribution in [0.4, 0.5) is 0 Å². The number of imidazole rings is 1.